The smallest absolute Gasteiger partial charge is 0.240 e. The molecular weight excluding hydrogens is 261 g/mol. The molecule has 2 amide bonds. The lowest BCUT2D eigenvalue weighted by atomic mass is 10.1. The van der Waals surface area contributed by atoms with Gasteiger partial charge in [0.15, 0.2) is 0 Å². The van der Waals surface area contributed by atoms with Crippen molar-refractivity contribution in [1.29, 1.82) is 0 Å². The molecule has 0 aromatic heterocycles. The highest BCUT2D eigenvalue weighted by Gasteiger charge is 2.19. The molecule has 1 aromatic carbocycles. The van der Waals surface area contributed by atoms with Crippen molar-refractivity contribution in [1.82, 2.24) is 5.32 Å². The highest BCUT2D eigenvalue weighted by molar-refractivity contribution is 5.89. The summed E-state index contributed by atoms with van der Waals surface area (Å²) in [5.41, 5.74) is 6.40. The Hall–Kier alpha value is -2.11. The average molecular weight is 281 g/mol. The lowest BCUT2D eigenvalue weighted by Crippen LogP contribution is -2.40. The summed E-state index contributed by atoms with van der Waals surface area (Å²) in [4.78, 5) is 23.0. The number of halogens is 1. The number of hydrogen-bond donors (Lipinski definition) is 3. The first-order chi connectivity index (χ1) is 9.42. The summed E-state index contributed by atoms with van der Waals surface area (Å²) >= 11 is 0. The van der Waals surface area contributed by atoms with E-state index < -0.39 is 17.8 Å². The number of anilines is 1. The van der Waals surface area contributed by atoms with Crippen LogP contribution in [-0.4, -0.2) is 24.4 Å². The number of nitrogens with one attached hydrogen (secondary N) is 2. The van der Waals surface area contributed by atoms with Gasteiger partial charge >= 0.3 is 0 Å². The van der Waals surface area contributed by atoms with Crippen LogP contribution in [0.4, 0.5) is 10.1 Å². The molecule has 0 heterocycles. The highest BCUT2D eigenvalue weighted by Crippen LogP contribution is 2.15. The molecule has 1 atom stereocenters. The van der Waals surface area contributed by atoms with E-state index in [2.05, 4.69) is 10.6 Å². The summed E-state index contributed by atoms with van der Waals surface area (Å²) in [5, 5.41) is 5.46. The predicted molar refractivity (Wildman–Crippen MR) is 75.7 cm³/mol. The number of carbonyl (C=O) groups is 2. The molecule has 1 unspecified atom stereocenters. The summed E-state index contributed by atoms with van der Waals surface area (Å²) < 4.78 is 13.3. The Bertz CT molecular complexity index is 471. The van der Waals surface area contributed by atoms with E-state index in [4.69, 9.17) is 5.73 Å². The number of nitrogens with two attached hydrogens (primary N) is 1. The molecule has 0 spiro atoms. The lowest BCUT2D eigenvalue weighted by Gasteiger charge is -2.17. The van der Waals surface area contributed by atoms with E-state index in [1.54, 1.807) is 13.0 Å². The number of hydrogen-bond acceptors (Lipinski definition) is 3. The van der Waals surface area contributed by atoms with Crippen LogP contribution in [0.15, 0.2) is 18.2 Å². The highest BCUT2D eigenvalue weighted by atomic mass is 19.1. The van der Waals surface area contributed by atoms with E-state index in [9.17, 15) is 14.0 Å². The molecule has 0 saturated heterocycles. The Balaban J connectivity index is 2.72. The van der Waals surface area contributed by atoms with E-state index >= 15 is 0 Å². The van der Waals surface area contributed by atoms with Gasteiger partial charge in [0.2, 0.25) is 11.8 Å². The van der Waals surface area contributed by atoms with Gasteiger partial charge in [-0.25, -0.2) is 4.39 Å². The Morgan fingerprint density at radius 2 is 2.05 bits per heavy atom. The van der Waals surface area contributed by atoms with E-state index in [0.717, 1.165) is 6.42 Å². The second kappa shape index (κ2) is 7.47. The van der Waals surface area contributed by atoms with Crippen LogP contribution in [0.5, 0.6) is 0 Å². The summed E-state index contributed by atoms with van der Waals surface area (Å²) in [5.74, 6) is -1.33. The minimum atomic E-state index is -0.868. The van der Waals surface area contributed by atoms with Gasteiger partial charge in [-0.3, -0.25) is 9.59 Å². The molecule has 0 aliphatic rings. The van der Waals surface area contributed by atoms with E-state index in [1.165, 1.54) is 12.1 Å². The van der Waals surface area contributed by atoms with Crippen molar-refractivity contribution in [2.24, 2.45) is 5.73 Å². The maximum atomic E-state index is 13.3. The van der Waals surface area contributed by atoms with E-state index in [0.29, 0.717) is 17.8 Å². The Labute approximate surface area is 117 Å². The first-order valence-corrected chi connectivity index (χ1v) is 6.52. The van der Waals surface area contributed by atoms with Gasteiger partial charge in [-0.2, -0.15) is 0 Å². The molecule has 0 aliphatic carbocycles. The Kier molecular flexibility index (Phi) is 5.96. The Morgan fingerprint density at radius 3 is 2.60 bits per heavy atom. The molecule has 6 heteroatoms. The molecular formula is C14H20FN3O2. The fourth-order valence-corrected chi connectivity index (χ4v) is 1.77. The van der Waals surface area contributed by atoms with Crippen molar-refractivity contribution in [3.63, 3.8) is 0 Å². The second-order valence-electron chi connectivity index (χ2n) is 4.67. The summed E-state index contributed by atoms with van der Waals surface area (Å²) in [6, 6.07) is 3.45. The standard InChI is InChI=1S/C14H20FN3O2/c1-3-4-17-13(19)8-12(14(16)20)18-11-6-9(2)5-10(15)7-11/h5-7,12,18H,3-4,8H2,1-2H3,(H2,16,20)(H,17,19). The van der Waals surface area contributed by atoms with Gasteiger partial charge in [0, 0.05) is 12.2 Å². The molecule has 0 bridgehead atoms. The van der Waals surface area contributed by atoms with Crippen LogP contribution < -0.4 is 16.4 Å². The van der Waals surface area contributed by atoms with Crippen LogP contribution in [0, 0.1) is 12.7 Å². The van der Waals surface area contributed by atoms with Crippen LogP contribution in [0.2, 0.25) is 0 Å². The molecule has 0 saturated carbocycles. The topological polar surface area (TPSA) is 84.2 Å². The predicted octanol–water partition coefficient (Wildman–Crippen LogP) is 1.32. The monoisotopic (exact) mass is 281 g/mol. The molecule has 5 nitrogen and oxygen atoms in total. The van der Waals surface area contributed by atoms with Crippen LogP contribution in [0.25, 0.3) is 0 Å². The number of carbonyl (C=O) groups excluding carboxylic acids is 2. The molecule has 110 valence electrons. The number of rotatable bonds is 7. The van der Waals surface area contributed by atoms with Gasteiger partial charge in [0.1, 0.15) is 11.9 Å². The third-order valence-corrected chi connectivity index (χ3v) is 2.69. The van der Waals surface area contributed by atoms with Crippen LogP contribution in [0.1, 0.15) is 25.3 Å². The quantitative estimate of drug-likeness (QED) is 0.704. The van der Waals surface area contributed by atoms with Gasteiger partial charge in [0.05, 0.1) is 6.42 Å². The number of primary amides is 1. The van der Waals surface area contributed by atoms with Crippen molar-refractivity contribution >= 4 is 17.5 Å². The zero-order valence-electron chi connectivity index (χ0n) is 11.7. The number of amides is 2. The number of benzene rings is 1. The molecule has 1 rings (SSSR count). The average Bonchev–Trinajstić information content (AvgIpc) is 2.34. The van der Waals surface area contributed by atoms with Crippen molar-refractivity contribution in [3.8, 4) is 0 Å². The third kappa shape index (κ3) is 5.26. The van der Waals surface area contributed by atoms with Gasteiger partial charge in [-0.15, -0.1) is 0 Å². The first kappa shape index (κ1) is 15.9. The molecule has 1 aromatic rings. The fourth-order valence-electron chi connectivity index (χ4n) is 1.77. The molecule has 4 N–H and O–H groups in total. The molecule has 20 heavy (non-hydrogen) atoms. The zero-order valence-corrected chi connectivity index (χ0v) is 11.7. The normalized spacial score (nSPS) is 11.8. The molecule has 0 radical (unpaired) electrons. The number of aryl methyl sites for hydroxylation is 1. The van der Waals surface area contributed by atoms with Crippen LogP contribution in [-0.2, 0) is 9.59 Å². The third-order valence-electron chi connectivity index (χ3n) is 2.69. The largest absolute Gasteiger partial charge is 0.373 e. The maximum absolute atomic E-state index is 13.3. The summed E-state index contributed by atoms with van der Waals surface area (Å²) in [6.45, 7) is 4.21. The van der Waals surface area contributed by atoms with Gasteiger partial charge < -0.3 is 16.4 Å². The van der Waals surface area contributed by atoms with Crippen LogP contribution >= 0.6 is 0 Å². The van der Waals surface area contributed by atoms with Crippen molar-refractivity contribution in [2.45, 2.75) is 32.7 Å². The van der Waals surface area contributed by atoms with Crippen molar-refractivity contribution < 1.29 is 14.0 Å². The SMILES string of the molecule is CCCNC(=O)CC(Nc1cc(C)cc(F)c1)C(N)=O. The summed E-state index contributed by atoms with van der Waals surface area (Å²) in [6.07, 6.45) is 0.731. The summed E-state index contributed by atoms with van der Waals surface area (Å²) in [7, 11) is 0. The van der Waals surface area contributed by atoms with Crippen molar-refractivity contribution in [3.05, 3.63) is 29.6 Å². The minimum absolute atomic E-state index is 0.0785. The fraction of sp³-hybridized carbons (Fsp3) is 0.429. The van der Waals surface area contributed by atoms with Crippen LogP contribution in [0.3, 0.4) is 0 Å². The van der Waals surface area contributed by atoms with E-state index in [-0.39, 0.29) is 12.3 Å². The lowest BCUT2D eigenvalue weighted by molar-refractivity contribution is -0.125. The Morgan fingerprint density at radius 1 is 1.35 bits per heavy atom. The first-order valence-electron chi connectivity index (χ1n) is 6.52. The van der Waals surface area contributed by atoms with Crippen molar-refractivity contribution in [2.75, 3.05) is 11.9 Å². The zero-order chi connectivity index (χ0) is 15.1. The van der Waals surface area contributed by atoms with Gasteiger partial charge in [0.25, 0.3) is 0 Å². The van der Waals surface area contributed by atoms with E-state index in [1.807, 2.05) is 6.92 Å². The minimum Gasteiger partial charge on any atom is -0.373 e. The molecule has 0 fully saturated rings. The van der Waals surface area contributed by atoms with Gasteiger partial charge in [-0.05, 0) is 37.1 Å². The molecule has 0 aliphatic heterocycles. The van der Waals surface area contributed by atoms with Gasteiger partial charge in [-0.1, -0.05) is 6.92 Å². The second-order valence-corrected chi connectivity index (χ2v) is 4.67. The maximum Gasteiger partial charge on any atom is 0.240 e.